The summed E-state index contributed by atoms with van der Waals surface area (Å²) in [4.78, 5) is 3.85. The van der Waals surface area contributed by atoms with Gasteiger partial charge in [-0.15, -0.1) is 0 Å². The minimum Gasteiger partial charge on any atom is -0.495 e. The summed E-state index contributed by atoms with van der Waals surface area (Å²) < 4.78 is 48.7. The molecule has 5 nitrogen and oxygen atoms in total. The van der Waals surface area contributed by atoms with E-state index in [0.29, 0.717) is 6.07 Å². The maximum atomic E-state index is 13.4. The van der Waals surface area contributed by atoms with Crippen LogP contribution in [0.2, 0.25) is 0 Å². The second kappa shape index (κ2) is 5.27. The van der Waals surface area contributed by atoms with Gasteiger partial charge in [0.1, 0.15) is 11.6 Å². The second-order valence-electron chi connectivity index (χ2n) is 3.59. The Hall–Kier alpha value is -2.09. The quantitative estimate of drug-likeness (QED) is 0.925. The maximum absolute atomic E-state index is 13.4. The van der Waals surface area contributed by atoms with Crippen LogP contribution in [0.4, 0.5) is 13.2 Å². The Bertz CT molecular complexity index is 587. The molecule has 0 fully saturated rings. The number of rotatable bonds is 4. The Morgan fingerprint density at radius 1 is 1.42 bits per heavy atom. The summed E-state index contributed by atoms with van der Waals surface area (Å²) in [5, 5.41) is 3.55. The van der Waals surface area contributed by atoms with Crippen molar-refractivity contribution in [2.45, 2.75) is 13.0 Å². The smallest absolute Gasteiger partial charge is 0.267 e. The van der Waals surface area contributed by atoms with E-state index in [1.54, 1.807) is 0 Å². The van der Waals surface area contributed by atoms with Crippen molar-refractivity contribution in [3.8, 4) is 17.1 Å². The lowest BCUT2D eigenvalue weighted by atomic mass is 10.1. The molecular weight excluding hydrogens is 263 g/mol. The molecule has 0 saturated heterocycles. The molecule has 0 aliphatic carbocycles. The normalized spacial score (nSPS) is 11.1. The van der Waals surface area contributed by atoms with E-state index >= 15 is 0 Å². The van der Waals surface area contributed by atoms with Crippen molar-refractivity contribution in [2.24, 2.45) is 5.73 Å². The van der Waals surface area contributed by atoms with Gasteiger partial charge in [0.05, 0.1) is 24.8 Å². The lowest BCUT2D eigenvalue weighted by Crippen LogP contribution is -1.99. The summed E-state index contributed by atoms with van der Waals surface area (Å²) in [6.07, 6.45) is -2.88. The van der Waals surface area contributed by atoms with Crippen LogP contribution in [0.3, 0.4) is 0 Å². The highest BCUT2D eigenvalue weighted by molar-refractivity contribution is 5.66. The Morgan fingerprint density at radius 2 is 2.16 bits per heavy atom. The average molecular weight is 273 g/mol. The topological polar surface area (TPSA) is 74.2 Å². The van der Waals surface area contributed by atoms with Crippen LogP contribution < -0.4 is 10.5 Å². The molecule has 0 saturated carbocycles. The molecule has 0 spiro atoms. The first kappa shape index (κ1) is 13.3. The maximum Gasteiger partial charge on any atom is 0.267 e. The van der Waals surface area contributed by atoms with Gasteiger partial charge in [-0.3, -0.25) is 0 Å². The molecule has 1 aromatic carbocycles. The fraction of sp³-hybridized carbons (Fsp3) is 0.273. The fourth-order valence-electron chi connectivity index (χ4n) is 1.62. The van der Waals surface area contributed by atoms with Gasteiger partial charge in [-0.25, -0.2) is 13.2 Å². The molecule has 2 N–H and O–H groups in total. The van der Waals surface area contributed by atoms with Crippen molar-refractivity contribution in [1.82, 2.24) is 10.1 Å². The Morgan fingerprint density at radius 3 is 2.68 bits per heavy atom. The van der Waals surface area contributed by atoms with Crippen LogP contribution in [0.5, 0.6) is 5.75 Å². The van der Waals surface area contributed by atoms with E-state index in [9.17, 15) is 13.2 Å². The summed E-state index contributed by atoms with van der Waals surface area (Å²) in [5.41, 5.74) is 4.71. The standard InChI is InChI=1S/C11H10F3N3O2/c1-18-9-6(10(13)14)2-5(12)3-7(9)11-16-8(4-15)19-17-11/h2-3,10H,4,15H2,1H3. The minimum absolute atomic E-state index is 0.00760. The van der Waals surface area contributed by atoms with Crippen LogP contribution in [0.1, 0.15) is 17.9 Å². The van der Waals surface area contributed by atoms with Gasteiger partial charge < -0.3 is 15.0 Å². The monoisotopic (exact) mass is 273 g/mol. The molecule has 0 aliphatic heterocycles. The van der Waals surface area contributed by atoms with Crippen molar-refractivity contribution < 1.29 is 22.4 Å². The largest absolute Gasteiger partial charge is 0.495 e. The van der Waals surface area contributed by atoms with Crippen LogP contribution in [0.15, 0.2) is 16.7 Å². The first-order valence-corrected chi connectivity index (χ1v) is 5.25. The highest BCUT2D eigenvalue weighted by Gasteiger charge is 2.22. The molecule has 19 heavy (non-hydrogen) atoms. The summed E-state index contributed by atoms with van der Waals surface area (Å²) in [6.45, 7) is -0.00760. The van der Waals surface area contributed by atoms with Gasteiger partial charge in [-0.2, -0.15) is 4.98 Å². The summed E-state index contributed by atoms with van der Waals surface area (Å²) >= 11 is 0. The van der Waals surface area contributed by atoms with Gasteiger partial charge >= 0.3 is 0 Å². The molecule has 0 atom stereocenters. The third-order valence-electron chi connectivity index (χ3n) is 2.41. The SMILES string of the molecule is COc1c(-c2noc(CN)n2)cc(F)cc1C(F)F. The summed E-state index contributed by atoms with van der Waals surface area (Å²) in [6, 6.07) is 1.70. The van der Waals surface area contributed by atoms with Crippen LogP contribution >= 0.6 is 0 Å². The number of alkyl halides is 2. The molecule has 1 aromatic heterocycles. The molecule has 0 radical (unpaired) electrons. The van der Waals surface area contributed by atoms with E-state index in [1.165, 1.54) is 7.11 Å². The third kappa shape index (κ3) is 2.53. The summed E-state index contributed by atoms with van der Waals surface area (Å²) in [7, 11) is 1.20. The Labute approximate surface area is 106 Å². The molecule has 0 bridgehead atoms. The minimum atomic E-state index is -2.88. The second-order valence-corrected chi connectivity index (χ2v) is 3.59. The molecule has 102 valence electrons. The molecule has 8 heteroatoms. The number of halogens is 3. The van der Waals surface area contributed by atoms with Crippen LogP contribution in [0, 0.1) is 5.82 Å². The van der Waals surface area contributed by atoms with Crippen molar-refractivity contribution in [1.29, 1.82) is 0 Å². The van der Waals surface area contributed by atoms with Gasteiger partial charge in [0, 0.05) is 0 Å². The molecule has 0 amide bonds. The lowest BCUT2D eigenvalue weighted by molar-refractivity contribution is 0.146. The van der Waals surface area contributed by atoms with Crippen LogP contribution in [0.25, 0.3) is 11.4 Å². The van der Waals surface area contributed by atoms with E-state index in [1.807, 2.05) is 0 Å². The van der Waals surface area contributed by atoms with Crippen LogP contribution in [-0.2, 0) is 6.54 Å². The van der Waals surface area contributed by atoms with Crippen LogP contribution in [-0.4, -0.2) is 17.3 Å². The van der Waals surface area contributed by atoms with Crippen molar-refractivity contribution in [2.75, 3.05) is 7.11 Å². The van der Waals surface area contributed by atoms with Gasteiger partial charge in [-0.05, 0) is 12.1 Å². The first-order valence-electron chi connectivity index (χ1n) is 5.25. The van der Waals surface area contributed by atoms with Gasteiger partial charge in [0.25, 0.3) is 6.43 Å². The zero-order valence-electron chi connectivity index (χ0n) is 9.86. The summed E-state index contributed by atoms with van der Waals surface area (Å²) in [5.74, 6) is -0.982. The number of benzene rings is 1. The number of hydrogen-bond donors (Lipinski definition) is 1. The molecule has 2 rings (SSSR count). The number of hydrogen-bond acceptors (Lipinski definition) is 5. The fourth-order valence-corrected chi connectivity index (χ4v) is 1.62. The number of ether oxygens (including phenoxy) is 1. The Balaban J connectivity index is 2.61. The van der Waals surface area contributed by atoms with Gasteiger partial charge in [0.2, 0.25) is 11.7 Å². The van der Waals surface area contributed by atoms with Crippen molar-refractivity contribution in [3.05, 3.63) is 29.4 Å². The highest BCUT2D eigenvalue weighted by atomic mass is 19.3. The Kier molecular flexibility index (Phi) is 3.70. The number of nitrogens with two attached hydrogens (primary N) is 1. The predicted molar refractivity (Wildman–Crippen MR) is 59.1 cm³/mol. The van der Waals surface area contributed by atoms with E-state index in [4.69, 9.17) is 15.0 Å². The predicted octanol–water partition coefficient (Wildman–Crippen LogP) is 2.28. The van der Waals surface area contributed by atoms with Crippen molar-refractivity contribution >= 4 is 0 Å². The number of methoxy groups -OCH3 is 1. The number of nitrogens with zero attached hydrogens (tertiary/aromatic N) is 2. The molecule has 0 aliphatic rings. The average Bonchev–Trinajstić information content (AvgIpc) is 2.86. The van der Waals surface area contributed by atoms with Gasteiger partial charge in [0.15, 0.2) is 0 Å². The van der Waals surface area contributed by atoms with Crippen molar-refractivity contribution in [3.63, 3.8) is 0 Å². The zero-order valence-corrected chi connectivity index (χ0v) is 9.86. The molecule has 2 aromatic rings. The lowest BCUT2D eigenvalue weighted by Gasteiger charge is -2.11. The first-order chi connectivity index (χ1) is 9.06. The molecule has 0 unspecified atom stereocenters. The van der Waals surface area contributed by atoms with E-state index in [0.717, 1.165) is 6.07 Å². The highest BCUT2D eigenvalue weighted by Crippen LogP contribution is 2.37. The van der Waals surface area contributed by atoms with E-state index in [2.05, 4.69) is 10.1 Å². The number of aromatic nitrogens is 2. The molecule has 1 heterocycles. The van der Waals surface area contributed by atoms with E-state index < -0.39 is 17.8 Å². The third-order valence-corrected chi connectivity index (χ3v) is 2.41. The zero-order chi connectivity index (χ0) is 14.0. The molecular formula is C11H10F3N3O2. The van der Waals surface area contributed by atoms with E-state index in [-0.39, 0.29) is 29.6 Å². The van der Waals surface area contributed by atoms with Gasteiger partial charge in [-0.1, -0.05) is 5.16 Å².